The number of rotatable bonds is 6. The monoisotopic (exact) mass is 433 g/mol. The van der Waals surface area contributed by atoms with Crippen molar-refractivity contribution in [3.05, 3.63) is 71.0 Å². The molecule has 2 amide bonds. The molecule has 0 aliphatic carbocycles. The molecule has 0 bridgehead atoms. The number of nitrogens with zero attached hydrogens (tertiary/aromatic N) is 1. The standard InChI is InChI=1S/C26H31N3O3/c1-16(2)18-8-7-9-19(12-18)24(30)28-20-11-10-17(3)21(13-20)22-14-23(32-29-22)25(31)27-15-26(4,5)6/h7-14,16H,15H2,1-6H3,(H,27,31)(H,28,30). The van der Waals surface area contributed by atoms with Crippen LogP contribution in [0, 0.1) is 12.3 Å². The topological polar surface area (TPSA) is 84.2 Å². The quantitative estimate of drug-likeness (QED) is 0.514. The molecule has 3 rings (SSSR count). The minimum Gasteiger partial charge on any atom is -0.350 e. The number of hydrogen-bond donors (Lipinski definition) is 2. The van der Waals surface area contributed by atoms with Crippen molar-refractivity contribution in [1.29, 1.82) is 0 Å². The molecule has 0 fully saturated rings. The highest BCUT2D eigenvalue weighted by atomic mass is 16.5. The summed E-state index contributed by atoms with van der Waals surface area (Å²) >= 11 is 0. The van der Waals surface area contributed by atoms with Crippen LogP contribution in [0.1, 0.15) is 72.6 Å². The van der Waals surface area contributed by atoms with Gasteiger partial charge in [-0.25, -0.2) is 0 Å². The van der Waals surface area contributed by atoms with Gasteiger partial charge in [-0.15, -0.1) is 0 Å². The van der Waals surface area contributed by atoms with Crippen LogP contribution in [0.4, 0.5) is 5.69 Å². The van der Waals surface area contributed by atoms with E-state index in [0.717, 1.165) is 16.7 Å². The van der Waals surface area contributed by atoms with Crippen molar-refractivity contribution in [3.8, 4) is 11.3 Å². The first-order chi connectivity index (χ1) is 15.0. The molecule has 32 heavy (non-hydrogen) atoms. The molecule has 6 nitrogen and oxygen atoms in total. The van der Waals surface area contributed by atoms with Gasteiger partial charge in [-0.2, -0.15) is 0 Å². The number of carbonyl (C=O) groups excluding carboxylic acids is 2. The van der Waals surface area contributed by atoms with Crippen molar-refractivity contribution in [3.63, 3.8) is 0 Å². The first-order valence-corrected chi connectivity index (χ1v) is 10.8. The second-order valence-corrected chi connectivity index (χ2v) is 9.58. The summed E-state index contributed by atoms with van der Waals surface area (Å²) in [7, 11) is 0. The van der Waals surface area contributed by atoms with Crippen LogP contribution in [-0.2, 0) is 0 Å². The van der Waals surface area contributed by atoms with E-state index >= 15 is 0 Å². The summed E-state index contributed by atoms with van der Waals surface area (Å²) in [6.07, 6.45) is 0. The van der Waals surface area contributed by atoms with Gasteiger partial charge in [0.1, 0.15) is 5.69 Å². The Bertz CT molecular complexity index is 1120. The van der Waals surface area contributed by atoms with Crippen LogP contribution in [0.25, 0.3) is 11.3 Å². The van der Waals surface area contributed by atoms with Gasteiger partial charge in [0, 0.05) is 29.4 Å². The fourth-order valence-corrected chi connectivity index (χ4v) is 3.16. The molecule has 168 valence electrons. The first-order valence-electron chi connectivity index (χ1n) is 10.8. The van der Waals surface area contributed by atoms with E-state index in [0.29, 0.717) is 29.4 Å². The Labute approximate surface area is 189 Å². The van der Waals surface area contributed by atoms with Crippen LogP contribution in [0.15, 0.2) is 53.1 Å². The van der Waals surface area contributed by atoms with Crippen molar-refractivity contribution in [2.45, 2.75) is 47.5 Å². The van der Waals surface area contributed by atoms with Gasteiger partial charge in [-0.3, -0.25) is 9.59 Å². The van der Waals surface area contributed by atoms with E-state index in [9.17, 15) is 9.59 Å². The minimum atomic E-state index is -0.300. The fourth-order valence-electron chi connectivity index (χ4n) is 3.16. The van der Waals surface area contributed by atoms with Gasteiger partial charge >= 0.3 is 0 Å². The van der Waals surface area contributed by atoms with E-state index in [1.54, 1.807) is 12.1 Å². The number of carbonyl (C=O) groups is 2. The second kappa shape index (κ2) is 9.39. The molecule has 1 heterocycles. The predicted molar refractivity (Wildman–Crippen MR) is 127 cm³/mol. The molecule has 0 aliphatic heterocycles. The molecule has 2 aromatic carbocycles. The zero-order chi connectivity index (χ0) is 23.5. The Balaban J connectivity index is 1.78. The van der Waals surface area contributed by atoms with Gasteiger partial charge in [0.05, 0.1) is 0 Å². The van der Waals surface area contributed by atoms with Crippen LogP contribution in [0.5, 0.6) is 0 Å². The lowest BCUT2D eigenvalue weighted by atomic mass is 9.97. The van der Waals surface area contributed by atoms with E-state index in [-0.39, 0.29) is 23.0 Å². The van der Waals surface area contributed by atoms with Gasteiger partial charge in [0.15, 0.2) is 0 Å². The summed E-state index contributed by atoms with van der Waals surface area (Å²) < 4.78 is 5.28. The van der Waals surface area contributed by atoms with Crippen molar-refractivity contribution in [2.75, 3.05) is 11.9 Å². The van der Waals surface area contributed by atoms with Gasteiger partial charge in [0.25, 0.3) is 11.8 Å². The normalized spacial score (nSPS) is 11.5. The SMILES string of the molecule is Cc1ccc(NC(=O)c2cccc(C(C)C)c2)cc1-c1cc(C(=O)NCC(C)(C)C)on1. The molecule has 3 aromatic rings. The molecule has 0 atom stereocenters. The van der Waals surface area contributed by atoms with E-state index in [2.05, 4.69) is 29.6 Å². The van der Waals surface area contributed by atoms with Crippen molar-refractivity contribution >= 4 is 17.5 Å². The Morgan fingerprint density at radius 1 is 1.03 bits per heavy atom. The average Bonchev–Trinajstić information content (AvgIpc) is 3.23. The number of amides is 2. The van der Waals surface area contributed by atoms with E-state index in [4.69, 9.17) is 4.52 Å². The van der Waals surface area contributed by atoms with Crippen LogP contribution in [-0.4, -0.2) is 23.5 Å². The van der Waals surface area contributed by atoms with Crippen LogP contribution < -0.4 is 10.6 Å². The number of aromatic nitrogens is 1. The highest BCUT2D eigenvalue weighted by Gasteiger charge is 2.18. The Hall–Kier alpha value is -3.41. The third-order valence-electron chi connectivity index (χ3n) is 5.10. The molecule has 0 spiro atoms. The molecular weight excluding hydrogens is 402 g/mol. The van der Waals surface area contributed by atoms with Crippen LogP contribution >= 0.6 is 0 Å². The maximum atomic E-state index is 12.8. The molecule has 2 N–H and O–H groups in total. The molecular formula is C26H31N3O3. The Morgan fingerprint density at radius 2 is 1.78 bits per heavy atom. The van der Waals surface area contributed by atoms with Crippen LogP contribution in [0.3, 0.4) is 0 Å². The molecule has 0 saturated heterocycles. The number of anilines is 1. The smallest absolute Gasteiger partial charge is 0.289 e. The van der Waals surface area contributed by atoms with E-state index < -0.39 is 0 Å². The summed E-state index contributed by atoms with van der Waals surface area (Å²) in [6.45, 7) is 12.8. The molecule has 0 aliphatic rings. The van der Waals surface area contributed by atoms with E-state index in [1.165, 1.54) is 0 Å². The summed E-state index contributed by atoms with van der Waals surface area (Å²) in [5, 5.41) is 9.88. The average molecular weight is 434 g/mol. The van der Waals surface area contributed by atoms with Crippen molar-refractivity contribution in [1.82, 2.24) is 10.5 Å². The maximum Gasteiger partial charge on any atom is 0.289 e. The molecule has 0 unspecified atom stereocenters. The molecule has 0 saturated carbocycles. The lowest BCUT2D eigenvalue weighted by molar-refractivity contribution is 0.0902. The third kappa shape index (κ3) is 5.84. The lowest BCUT2D eigenvalue weighted by Crippen LogP contribution is -2.31. The van der Waals surface area contributed by atoms with E-state index in [1.807, 2.05) is 64.1 Å². The first kappa shape index (κ1) is 23.3. The highest BCUT2D eigenvalue weighted by molar-refractivity contribution is 6.04. The minimum absolute atomic E-state index is 0.0314. The second-order valence-electron chi connectivity index (χ2n) is 9.58. The van der Waals surface area contributed by atoms with Gasteiger partial charge in [0.2, 0.25) is 5.76 Å². The maximum absolute atomic E-state index is 12.8. The fraction of sp³-hybridized carbons (Fsp3) is 0.346. The number of benzene rings is 2. The van der Waals surface area contributed by atoms with Gasteiger partial charge in [-0.1, -0.05) is 58.0 Å². The summed E-state index contributed by atoms with van der Waals surface area (Å²) in [5.74, 6) is 0.0230. The molecule has 1 aromatic heterocycles. The highest BCUT2D eigenvalue weighted by Crippen LogP contribution is 2.27. The largest absolute Gasteiger partial charge is 0.350 e. The van der Waals surface area contributed by atoms with Gasteiger partial charge in [-0.05, 0) is 53.6 Å². The van der Waals surface area contributed by atoms with Gasteiger partial charge < -0.3 is 15.2 Å². The summed E-state index contributed by atoms with van der Waals surface area (Å²) in [6, 6.07) is 14.8. The predicted octanol–water partition coefficient (Wildman–Crippen LogP) is 5.80. The Morgan fingerprint density at radius 3 is 2.47 bits per heavy atom. The number of aryl methyl sites for hydroxylation is 1. The Kier molecular flexibility index (Phi) is 6.82. The summed E-state index contributed by atoms with van der Waals surface area (Å²) in [5.41, 5.74) is 4.63. The zero-order valence-corrected chi connectivity index (χ0v) is 19.6. The third-order valence-corrected chi connectivity index (χ3v) is 5.10. The van der Waals surface area contributed by atoms with Crippen molar-refractivity contribution in [2.24, 2.45) is 5.41 Å². The number of nitrogens with one attached hydrogen (secondary N) is 2. The lowest BCUT2D eigenvalue weighted by Gasteiger charge is -2.17. The van der Waals surface area contributed by atoms with Crippen LogP contribution in [0.2, 0.25) is 0 Å². The number of hydrogen-bond acceptors (Lipinski definition) is 4. The van der Waals surface area contributed by atoms with Crippen molar-refractivity contribution < 1.29 is 14.1 Å². The molecule has 6 heteroatoms. The molecule has 0 radical (unpaired) electrons. The zero-order valence-electron chi connectivity index (χ0n) is 19.6. The summed E-state index contributed by atoms with van der Waals surface area (Å²) in [4.78, 5) is 25.1.